The number of pyridine rings is 1. The summed E-state index contributed by atoms with van der Waals surface area (Å²) in [5, 5.41) is 3.48. The summed E-state index contributed by atoms with van der Waals surface area (Å²) in [5.41, 5.74) is 2.54. The third kappa shape index (κ3) is 5.34. The van der Waals surface area contributed by atoms with Gasteiger partial charge < -0.3 is 10.2 Å². The maximum Gasteiger partial charge on any atom is 0.194 e. The van der Waals surface area contributed by atoms with Crippen LogP contribution in [0.2, 0.25) is 0 Å². The quantitative estimate of drug-likeness (QED) is 0.458. The molecule has 0 saturated carbocycles. The van der Waals surface area contributed by atoms with Crippen LogP contribution in [0, 0.1) is 0 Å². The fourth-order valence-corrected chi connectivity index (χ4v) is 4.31. The maximum atomic E-state index is 4.94. The van der Waals surface area contributed by atoms with E-state index in [9.17, 15) is 0 Å². The average Bonchev–Trinajstić information content (AvgIpc) is 3.39. The maximum absolute atomic E-state index is 4.94. The molecule has 1 N–H and O–H groups in total. The molecule has 0 radical (unpaired) electrons. The second kappa shape index (κ2) is 10.9. The van der Waals surface area contributed by atoms with Crippen LogP contribution in [-0.2, 0) is 6.54 Å². The van der Waals surface area contributed by atoms with E-state index in [1.165, 1.54) is 5.56 Å². The summed E-state index contributed by atoms with van der Waals surface area (Å²) in [6.45, 7) is 9.92. The van der Waals surface area contributed by atoms with Crippen molar-refractivity contribution in [2.75, 3.05) is 32.7 Å². The van der Waals surface area contributed by atoms with Gasteiger partial charge in [0.05, 0.1) is 6.54 Å². The molecular formula is C25H33N7. The smallest absolute Gasteiger partial charge is 0.194 e. The van der Waals surface area contributed by atoms with Crippen LogP contribution in [0.3, 0.4) is 0 Å². The number of hydrogen-bond donors (Lipinski definition) is 1. The number of guanidine groups is 1. The molecule has 7 nitrogen and oxygen atoms in total. The fourth-order valence-electron chi connectivity index (χ4n) is 4.31. The minimum Gasteiger partial charge on any atom is -0.357 e. The van der Waals surface area contributed by atoms with Gasteiger partial charge >= 0.3 is 0 Å². The summed E-state index contributed by atoms with van der Waals surface area (Å²) in [6.07, 6.45) is 8.38. The Morgan fingerprint density at radius 3 is 2.56 bits per heavy atom. The number of aliphatic imine (C=N–C) groups is 1. The number of nitrogens with zero attached hydrogens (tertiary/aromatic N) is 6. The Morgan fingerprint density at radius 1 is 1.06 bits per heavy atom. The van der Waals surface area contributed by atoms with Gasteiger partial charge in [0.2, 0.25) is 0 Å². The van der Waals surface area contributed by atoms with Crippen molar-refractivity contribution in [1.29, 1.82) is 0 Å². The van der Waals surface area contributed by atoms with Gasteiger partial charge in [-0.15, -0.1) is 0 Å². The van der Waals surface area contributed by atoms with Gasteiger partial charge in [0.1, 0.15) is 12.1 Å². The van der Waals surface area contributed by atoms with Gasteiger partial charge in [-0.25, -0.2) is 15.0 Å². The molecule has 1 fully saturated rings. The van der Waals surface area contributed by atoms with Crippen LogP contribution < -0.4 is 5.32 Å². The highest BCUT2D eigenvalue weighted by Crippen LogP contribution is 2.25. The van der Waals surface area contributed by atoms with E-state index < -0.39 is 0 Å². The molecule has 0 amide bonds. The van der Waals surface area contributed by atoms with Gasteiger partial charge in [-0.2, -0.15) is 0 Å². The molecule has 0 bridgehead atoms. The molecule has 1 atom stereocenters. The minimum atomic E-state index is 0.483. The molecule has 1 saturated heterocycles. The van der Waals surface area contributed by atoms with E-state index in [4.69, 9.17) is 4.99 Å². The molecule has 1 aliphatic heterocycles. The highest BCUT2D eigenvalue weighted by atomic mass is 15.4. The number of nitrogens with one attached hydrogen (secondary N) is 1. The summed E-state index contributed by atoms with van der Waals surface area (Å²) in [4.78, 5) is 18.5. The van der Waals surface area contributed by atoms with Crippen molar-refractivity contribution >= 4 is 5.96 Å². The van der Waals surface area contributed by atoms with Crippen molar-refractivity contribution in [2.45, 2.75) is 32.9 Å². The standard InChI is InChI=1S/C25H33N7/c1-3-23(22-8-6-5-7-9-22)30-14-16-31(17-15-30)25(27-4-2)29-19-21-10-11-28-24(18-21)32-13-12-26-20-32/h5-13,18,20,23H,3-4,14-17,19H2,1-2H3,(H,27,29). The number of piperazine rings is 1. The first-order chi connectivity index (χ1) is 15.8. The van der Waals surface area contributed by atoms with Gasteiger partial charge in [0.25, 0.3) is 0 Å². The predicted molar refractivity (Wildman–Crippen MR) is 129 cm³/mol. The summed E-state index contributed by atoms with van der Waals surface area (Å²) < 4.78 is 1.91. The molecule has 3 aromatic rings. The van der Waals surface area contributed by atoms with Gasteiger partial charge in [-0.3, -0.25) is 9.47 Å². The van der Waals surface area contributed by atoms with E-state index in [-0.39, 0.29) is 0 Å². The third-order valence-electron chi connectivity index (χ3n) is 5.95. The number of hydrogen-bond acceptors (Lipinski definition) is 4. The van der Waals surface area contributed by atoms with Crippen LogP contribution >= 0.6 is 0 Å². The Morgan fingerprint density at radius 2 is 1.88 bits per heavy atom. The first-order valence-corrected chi connectivity index (χ1v) is 11.5. The van der Waals surface area contributed by atoms with Gasteiger partial charge in [-0.05, 0) is 36.6 Å². The molecule has 1 aliphatic rings. The molecular weight excluding hydrogens is 398 g/mol. The Hall–Kier alpha value is -3.19. The number of rotatable bonds is 7. The topological polar surface area (TPSA) is 61.6 Å². The van der Waals surface area contributed by atoms with Gasteiger partial charge in [-0.1, -0.05) is 37.3 Å². The second-order valence-electron chi connectivity index (χ2n) is 8.02. The van der Waals surface area contributed by atoms with Gasteiger partial charge in [0.15, 0.2) is 5.96 Å². The summed E-state index contributed by atoms with van der Waals surface area (Å²) in [5.74, 6) is 1.85. The zero-order chi connectivity index (χ0) is 22.2. The fraction of sp³-hybridized carbons (Fsp3) is 0.400. The lowest BCUT2D eigenvalue weighted by molar-refractivity contribution is 0.127. The lowest BCUT2D eigenvalue weighted by atomic mass is 10.0. The minimum absolute atomic E-state index is 0.483. The van der Waals surface area contributed by atoms with Crippen molar-refractivity contribution in [3.8, 4) is 5.82 Å². The SMILES string of the molecule is CCNC(=NCc1ccnc(-n2ccnc2)c1)N1CCN(C(CC)c2ccccc2)CC1. The normalized spacial score (nSPS) is 16.2. The summed E-state index contributed by atoms with van der Waals surface area (Å²) in [6, 6.07) is 15.4. The highest BCUT2D eigenvalue weighted by Gasteiger charge is 2.25. The zero-order valence-corrected chi connectivity index (χ0v) is 19.1. The number of benzene rings is 1. The first kappa shape index (κ1) is 22.0. The van der Waals surface area contributed by atoms with E-state index in [0.29, 0.717) is 12.6 Å². The number of aromatic nitrogens is 3. The van der Waals surface area contributed by atoms with E-state index in [1.807, 2.05) is 23.0 Å². The molecule has 7 heteroatoms. The Kier molecular flexibility index (Phi) is 7.51. The van der Waals surface area contributed by atoms with E-state index in [2.05, 4.69) is 75.3 Å². The average molecular weight is 432 g/mol. The summed E-state index contributed by atoms with van der Waals surface area (Å²) in [7, 11) is 0. The van der Waals surface area contributed by atoms with Crippen molar-refractivity contribution in [2.24, 2.45) is 4.99 Å². The molecule has 1 unspecified atom stereocenters. The monoisotopic (exact) mass is 431 g/mol. The molecule has 4 rings (SSSR count). The highest BCUT2D eigenvalue weighted by molar-refractivity contribution is 5.80. The van der Waals surface area contributed by atoms with Crippen molar-refractivity contribution in [1.82, 2.24) is 29.7 Å². The predicted octanol–water partition coefficient (Wildman–Crippen LogP) is 3.50. The Balaban J connectivity index is 1.40. The van der Waals surface area contributed by atoms with Crippen LogP contribution in [0.25, 0.3) is 5.82 Å². The molecule has 32 heavy (non-hydrogen) atoms. The lowest BCUT2D eigenvalue weighted by Gasteiger charge is -2.40. The first-order valence-electron chi connectivity index (χ1n) is 11.5. The van der Waals surface area contributed by atoms with Crippen molar-refractivity contribution in [3.63, 3.8) is 0 Å². The number of imidazole rings is 1. The van der Waals surface area contributed by atoms with Crippen molar-refractivity contribution < 1.29 is 0 Å². The van der Waals surface area contributed by atoms with E-state index >= 15 is 0 Å². The molecule has 2 aromatic heterocycles. The molecule has 0 spiro atoms. The van der Waals surface area contributed by atoms with Crippen LogP contribution in [0.15, 0.2) is 72.4 Å². The van der Waals surface area contributed by atoms with Crippen LogP contribution in [0.5, 0.6) is 0 Å². The van der Waals surface area contributed by atoms with E-state index in [0.717, 1.165) is 56.5 Å². The molecule has 0 aliphatic carbocycles. The Labute approximate surface area is 190 Å². The van der Waals surface area contributed by atoms with Crippen LogP contribution in [-0.4, -0.2) is 63.0 Å². The largest absolute Gasteiger partial charge is 0.357 e. The second-order valence-corrected chi connectivity index (χ2v) is 8.02. The van der Waals surface area contributed by atoms with Crippen LogP contribution in [0.1, 0.15) is 37.4 Å². The molecule has 3 heterocycles. The van der Waals surface area contributed by atoms with Gasteiger partial charge in [0, 0.05) is 57.4 Å². The summed E-state index contributed by atoms with van der Waals surface area (Å²) >= 11 is 0. The lowest BCUT2D eigenvalue weighted by Crippen LogP contribution is -2.53. The van der Waals surface area contributed by atoms with Crippen molar-refractivity contribution in [3.05, 3.63) is 78.5 Å². The third-order valence-corrected chi connectivity index (χ3v) is 5.95. The zero-order valence-electron chi connectivity index (χ0n) is 19.1. The Bertz CT molecular complexity index is 977. The molecule has 168 valence electrons. The van der Waals surface area contributed by atoms with E-state index in [1.54, 1.807) is 12.5 Å². The molecule has 1 aromatic carbocycles. The van der Waals surface area contributed by atoms with Crippen LogP contribution in [0.4, 0.5) is 0 Å².